The molecular weight excluding hydrogens is 371 g/mol. The predicted octanol–water partition coefficient (Wildman–Crippen LogP) is 3.80. The van der Waals surface area contributed by atoms with E-state index >= 15 is 0 Å². The Morgan fingerprint density at radius 1 is 1.00 bits per heavy atom. The maximum absolute atomic E-state index is 14.0. The molecule has 0 radical (unpaired) electrons. The van der Waals surface area contributed by atoms with Crippen LogP contribution in [0.2, 0.25) is 5.02 Å². The summed E-state index contributed by atoms with van der Waals surface area (Å²) in [6, 6.07) is 16.1. The van der Waals surface area contributed by atoms with Crippen LogP contribution in [0.15, 0.2) is 70.0 Å². The van der Waals surface area contributed by atoms with E-state index in [0.717, 1.165) is 4.68 Å². The van der Waals surface area contributed by atoms with Crippen LogP contribution in [-0.4, -0.2) is 19.9 Å². The molecule has 2 aromatic heterocycles. The van der Waals surface area contributed by atoms with Gasteiger partial charge in [0.05, 0.1) is 10.7 Å². The standard InChI is InChI=1S/C19H12ClFN4O2/c20-14-7-3-1-5-12(14)19-22-17(27-24-19)11-25-18(26)10-9-16(23-25)13-6-2-4-8-15(13)21/h1-10H,11H2. The van der Waals surface area contributed by atoms with Gasteiger partial charge < -0.3 is 4.52 Å². The molecule has 4 aromatic rings. The molecule has 2 heterocycles. The van der Waals surface area contributed by atoms with Gasteiger partial charge in [-0.2, -0.15) is 10.1 Å². The number of benzene rings is 2. The van der Waals surface area contributed by atoms with Crippen LogP contribution >= 0.6 is 11.6 Å². The molecule has 8 heteroatoms. The van der Waals surface area contributed by atoms with Crippen molar-refractivity contribution >= 4 is 11.6 Å². The molecular formula is C19H12ClFN4O2. The molecule has 0 amide bonds. The number of nitrogens with zero attached hydrogens (tertiary/aromatic N) is 4. The Morgan fingerprint density at radius 3 is 2.52 bits per heavy atom. The van der Waals surface area contributed by atoms with Crippen molar-refractivity contribution < 1.29 is 8.91 Å². The summed E-state index contributed by atoms with van der Waals surface area (Å²) in [6.45, 7) is -0.0431. The van der Waals surface area contributed by atoms with Gasteiger partial charge in [-0.05, 0) is 30.3 Å². The minimum atomic E-state index is -0.422. The van der Waals surface area contributed by atoms with Crippen molar-refractivity contribution in [3.05, 3.63) is 87.7 Å². The van der Waals surface area contributed by atoms with Crippen molar-refractivity contribution in [1.82, 2.24) is 19.9 Å². The van der Waals surface area contributed by atoms with E-state index in [9.17, 15) is 9.18 Å². The minimum Gasteiger partial charge on any atom is -0.337 e. The number of hydrogen-bond donors (Lipinski definition) is 0. The molecule has 0 aliphatic carbocycles. The highest BCUT2D eigenvalue weighted by Gasteiger charge is 2.14. The molecule has 0 saturated heterocycles. The molecule has 2 aromatic carbocycles. The van der Waals surface area contributed by atoms with Gasteiger partial charge in [-0.3, -0.25) is 4.79 Å². The van der Waals surface area contributed by atoms with E-state index in [-0.39, 0.29) is 18.0 Å². The Hall–Kier alpha value is -3.32. The van der Waals surface area contributed by atoms with Gasteiger partial charge in [0, 0.05) is 17.2 Å². The fourth-order valence-corrected chi connectivity index (χ4v) is 2.79. The summed E-state index contributed by atoms with van der Waals surface area (Å²) in [7, 11) is 0. The van der Waals surface area contributed by atoms with Gasteiger partial charge in [0.15, 0.2) is 0 Å². The van der Waals surface area contributed by atoms with Crippen molar-refractivity contribution in [3.8, 4) is 22.6 Å². The Morgan fingerprint density at radius 2 is 1.74 bits per heavy atom. The molecule has 134 valence electrons. The molecule has 0 atom stereocenters. The van der Waals surface area contributed by atoms with Gasteiger partial charge in [-0.1, -0.05) is 41.0 Å². The lowest BCUT2D eigenvalue weighted by molar-refractivity contribution is 0.363. The SMILES string of the molecule is O=c1ccc(-c2ccccc2F)nn1Cc1nc(-c2ccccc2Cl)no1. The summed E-state index contributed by atoms with van der Waals surface area (Å²) < 4.78 is 20.3. The van der Waals surface area contributed by atoms with Gasteiger partial charge in [-0.15, -0.1) is 0 Å². The average molecular weight is 383 g/mol. The highest BCUT2D eigenvalue weighted by Crippen LogP contribution is 2.25. The largest absolute Gasteiger partial charge is 0.337 e. The molecule has 0 aliphatic rings. The zero-order valence-corrected chi connectivity index (χ0v) is 14.6. The van der Waals surface area contributed by atoms with Crippen LogP contribution in [0.25, 0.3) is 22.6 Å². The molecule has 4 rings (SSSR count). The molecule has 0 saturated carbocycles. The molecule has 0 unspecified atom stereocenters. The third-order valence-electron chi connectivity index (χ3n) is 3.88. The Kier molecular flexibility index (Phi) is 4.52. The molecule has 27 heavy (non-hydrogen) atoms. The second-order valence-electron chi connectivity index (χ2n) is 5.69. The van der Waals surface area contributed by atoms with Gasteiger partial charge in [0.1, 0.15) is 12.4 Å². The van der Waals surface area contributed by atoms with Crippen LogP contribution in [0.1, 0.15) is 5.89 Å². The summed E-state index contributed by atoms with van der Waals surface area (Å²) in [6.07, 6.45) is 0. The summed E-state index contributed by atoms with van der Waals surface area (Å²) in [5.41, 5.74) is 0.884. The summed E-state index contributed by atoms with van der Waals surface area (Å²) >= 11 is 6.13. The van der Waals surface area contributed by atoms with Crippen molar-refractivity contribution in [2.24, 2.45) is 0 Å². The highest BCUT2D eigenvalue weighted by molar-refractivity contribution is 6.33. The lowest BCUT2D eigenvalue weighted by Crippen LogP contribution is -2.23. The van der Waals surface area contributed by atoms with Crippen LogP contribution < -0.4 is 5.56 Å². The number of aromatic nitrogens is 4. The number of rotatable bonds is 4. The van der Waals surface area contributed by atoms with Gasteiger partial charge in [0.2, 0.25) is 11.7 Å². The number of hydrogen-bond acceptors (Lipinski definition) is 5. The highest BCUT2D eigenvalue weighted by atomic mass is 35.5. The van der Waals surface area contributed by atoms with Crippen molar-refractivity contribution in [3.63, 3.8) is 0 Å². The Balaban J connectivity index is 1.66. The van der Waals surface area contributed by atoms with E-state index in [1.54, 1.807) is 42.5 Å². The van der Waals surface area contributed by atoms with Gasteiger partial charge in [-0.25, -0.2) is 9.07 Å². The molecule has 6 nitrogen and oxygen atoms in total. The first-order valence-electron chi connectivity index (χ1n) is 8.02. The summed E-state index contributed by atoms with van der Waals surface area (Å²) in [4.78, 5) is 16.4. The first-order valence-corrected chi connectivity index (χ1v) is 8.40. The fourth-order valence-electron chi connectivity index (χ4n) is 2.57. The topological polar surface area (TPSA) is 73.8 Å². The lowest BCUT2D eigenvalue weighted by Gasteiger charge is -2.05. The average Bonchev–Trinajstić information content (AvgIpc) is 3.13. The summed E-state index contributed by atoms with van der Waals surface area (Å²) in [5.74, 6) is 0.0769. The smallest absolute Gasteiger partial charge is 0.267 e. The van der Waals surface area contributed by atoms with E-state index in [4.69, 9.17) is 16.1 Å². The Bertz CT molecular complexity index is 1170. The second kappa shape index (κ2) is 7.13. The van der Waals surface area contributed by atoms with E-state index in [1.165, 1.54) is 18.2 Å². The summed E-state index contributed by atoms with van der Waals surface area (Å²) in [5, 5.41) is 8.59. The van der Waals surface area contributed by atoms with E-state index in [0.29, 0.717) is 27.7 Å². The van der Waals surface area contributed by atoms with Crippen LogP contribution in [0, 0.1) is 5.82 Å². The number of halogens is 2. The normalized spacial score (nSPS) is 10.9. The van der Waals surface area contributed by atoms with Crippen LogP contribution in [0.4, 0.5) is 4.39 Å². The lowest BCUT2D eigenvalue weighted by atomic mass is 10.1. The fraction of sp³-hybridized carbons (Fsp3) is 0.0526. The van der Waals surface area contributed by atoms with Crippen LogP contribution in [0.5, 0.6) is 0 Å². The molecule has 0 fully saturated rings. The quantitative estimate of drug-likeness (QED) is 0.536. The zero-order valence-electron chi connectivity index (χ0n) is 13.8. The van der Waals surface area contributed by atoms with Gasteiger partial charge >= 0.3 is 0 Å². The third-order valence-corrected chi connectivity index (χ3v) is 4.21. The van der Waals surface area contributed by atoms with E-state index in [2.05, 4.69) is 15.2 Å². The van der Waals surface area contributed by atoms with Crippen molar-refractivity contribution in [2.45, 2.75) is 6.54 Å². The van der Waals surface area contributed by atoms with Crippen molar-refractivity contribution in [2.75, 3.05) is 0 Å². The first-order chi connectivity index (χ1) is 13.1. The molecule has 0 bridgehead atoms. The third kappa shape index (κ3) is 3.50. The molecule has 0 N–H and O–H groups in total. The Labute approximate surface area is 157 Å². The van der Waals surface area contributed by atoms with Gasteiger partial charge in [0.25, 0.3) is 5.56 Å². The minimum absolute atomic E-state index is 0.0431. The van der Waals surface area contributed by atoms with Crippen LogP contribution in [-0.2, 0) is 6.54 Å². The second-order valence-corrected chi connectivity index (χ2v) is 6.09. The van der Waals surface area contributed by atoms with E-state index < -0.39 is 5.82 Å². The monoisotopic (exact) mass is 382 g/mol. The zero-order chi connectivity index (χ0) is 18.8. The first kappa shape index (κ1) is 17.1. The predicted molar refractivity (Wildman–Crippen MR) is 97.7 cm³/mol. The van der Waals surface area contributed by atoms with Crippen LogP contribution in [0.3, 0.4) is 0 Å². The maximum atomic E-state index is 14.0. The van der Waals surface area contributed by atoms with E-state index in [1.807, 2.05) is 0 Å². The maximum Gasteiger partial charge on any atom is 0.267 e. The van der Waals surface area contributed by atoms with Crippen molar-refractivity contribution in [1.29, 1.82) is 0 Å². The molecule has 0 aliphatic heterocycles. The molecule has 0 spiro atoms.